The molecule has 2 aromatic carbocycles. The number of hydrogen-bond donors (Lipinski definition) is 3. The molecule has 10 heteroatoms. The predicted octanol–water partition coefficient (Wildman–Crippen LogP) is 5.76. The number of fused-ring (bicyclic) bond motifs is 4. The molecule has 204 valence electrons. The largest absolute Gasteiger partial charge is 0.369 e. The molecule has 1 saturated heterocycles. The Morgan fingerprint density at radius 3 is 2.60 bits per heavy atom. The lowest BCUT2D eigenvalue weighted by Crippen LogP contribution is -2.47. The predicted molar refractivity (Wildman–Crippen MR) is 160 cm³/mol. The molecule has 6 rings (SSSR count). The van der Waals surface area contributed by atoms with Crippen molar-refractivity contribution in [2.24, 2.45) is 5.92 Å². The zero-order valence-corrected chi connectivity index (χ0v) is 23.2. The summed E-state index contributed by atoms with van der Waals surface area (Å²) in [7, 11) is 0. The summed E-state index contributed by atoms with van der Waals surface area (Å²) in [4.78, 5) is 41.9. The summed E-state index contributed by atoms with van der Waals surface area (Å²) in [5.41, 5.74) is 3.52. The van der Waals surface area contributed by atoms with Gasteiger partial charge in [-0.05, 0) is 72.3 Å². The molecule has 8 nitrogen and oxygen atoms in total. The van der Waals surface area contributed by atoms with Gasteiger partial charge < -0.3 is 25.4 Å². The van der Waals surface area contributed by atoms with Crippen LogP contribution >= 0.6 is 22.9 Å². The third-order valence-electron chi connectivity index (χ3n) is 7.43. The van der Waals surface area contributed by atoms with Crippen LogP contribution in [0.2, 0.25) is 5.02 Å². The molecule has 2 atom stereocenters. The highest BCUT2D eigenvalue weighted by atomic mass is 35.5. The Morgan fingerprint density at radius 2 is 1.80 bits per heavy atom. The van der Waals surface area contributed by atoms with Gasteiger partial charge in [-0.1, -0.05) is 23.7 Å². The minimum atomic E-state index is -0.422. The Morgan fingerprint density at radius 1 is 0.950 bits per heavy atom. The van der Waals surface area contributed by atoms with Gasteiger partial charge in [0.25, 0.3) is 11.5 Å². The molecule has 0 spiro atoms. The Labute approximate surface area is 240 Å². The van der Waals surface area contributed by atoms with Gasteiger partial charge in [0.15, 0.2) is 0 Å². The number of nitrogens with one attached hydrogen (secondary N) is 3. The first-order chi connectivity index (χ1) is 19.4. The van der Waals surface area contributed by atoms with E-state index >= 15 is 0 Å². The van der Waals surface area contributed by atoms with E-state index in [-0.39, 0.29) is 17.4 Å². The third kappa shape index (κ3) is 5.61. The molecule has 2 aromatic heterocycles. The summed E-state index contributed by atoms with van der Waals surface area (Å²) in [5, 5.41) is 11.3. The Hall–Kier alpha value is -4.08. The van der Waals surface area contributed by atoms with Crippen molar-refractivity contribution in [2.75, 3.05) is 28.6 Å². The number of thiophene rings is 1. The van der Waals surface area contributed by atoms with Gasteiger partial charge in [0.2, 0.25) is 0 Å². The van der Waals surface area contributed by atoms with Crippen LogP contribution in [-0.4, -0.2) is 29.6 Å². The molecule has 4 heterocycles. The molecule has 2 aliphatic rings. The summed E-state index contributed by atoms with van der Waals surface area (Å²) in [5.74, 6) is 0.284. The minimum absolute atomic E-state index is 0.0415. The fourth-order valence-corrected chi connectivity index (χ4v) is 6.42. The number of amides is 3. The molecular formula is C30H28ClN5O3S. The highest BCUT2D eigenvalue weighted by Gasteiger charge is 2.35. The van der Waals surface area contributed by atoms with Crippen LogP contribution in [0.25, 0.3) is 0 Å². The molecule has 0 saturated carbocycles. The van der Waals surface area contributed by atoms with Crippen LogP contribution in [-0.2, 0) is 13.1 Å². The maximum absolute atomic E-state index is 13.1. The lowest BCUT2D eigenvalue weighted by molar-refractivity contribution is 0.0951. The lowest BCUT2D eigenvalue weighted by Gasteiger charge is -2.44. The molecule has 2 aliphatic heterocycles. The van der Waals surface area contributed by atoms with Crippen molar-refractivity contribution in [3.05, 3.63) is 110 Å². The first-order valence-corrected chi connectivity index (χ1v) is 14.4. The van der Waals surface area contributed by atoms with Gasteiger partial charge in [0.1, 0.15) is 0 Å². The van der Waals surface area contributed by atoms with E-state index in [1.807, 2.05) is 40.3 Å². The highest BCUT2D eigenvalue weighted by molar-refractivity contribution is 7.09. The quantitative estimate of drug-likeness (QED) is 0.273. The minimum Gasteiger partial charge on any atom is -0.369 e. The average Bonchev–Trinajstić information content (AvgIpc) is 3.47. The average molecular weight is 574 g/mol. The first-order valence-electron chi connectivity index (χ1n) is 13.2. The maximum Gasteiger partial charge on any atom is 0.323 e. The molecule has 3 N–H and O–H groups in total. The second-order valence-corrected chi connectivity index (χ2v) is 11.7. The van der Waals surface area contributed by atoms with Crippen molar-refractivity contribution in [1.82, 2.24) is 9.88 Å². The molecular weight excluding hydrogens is 546 g/mol. The van der Waals surface area contributed by atoms with E-state index < -0.39 is 6.03 Å². The number of anilines is 3. The SMILES string of the molecule is O=C(Nc1ccc(Cl)cc1)Nc1cc(C(=O)NCc2cccs2)ccc1N1C[C@H]2C[C@@H](C1)c1cccc(=O)n1C2. The zero-order chi connectivity index (χ0) is 27.6. The number of carbonyl (C=O) groups excluding carboxylic acids is 2. The Balaban J connectivity index is 1.27. The van der Waals surface area contributed by atoms with Crippen LogP contribution in [0.15, 0.2) is 83.0 Å². The van der Waals surface area contributed by atoms with Crippen molar-refractivity contribution < 1.29 is 9.59 Å². The normalized spacial score (nSPS) is 17.6. The van der Waals surface area contributed by atoms with Crippen molar-refractivity contribution in [3.63, 3.8) is 0 Å². The topological polar surface area (TPSA) is 95.5 Å². The summed E-state index contributed by atoms with van der Waals surface area (Å²) in [6.45, 7) is 2.56. The zero-order valence-electron chi connectivity index (χ0n) is 21.6. The van der Waals surface area contributed by atoms with Gasteiger partial charge in [-0.2, -0.15) is 0 Å². The Bertz CT molecular complexity index is 1600. The number of urea groups is 1. The number of hydrogen-bond acceptors (Lipinski definition) is 5. The van der Waals surface area contributed by atoms with Gasteiger partial charge in [-0.25, -0.2) is 4.79 Å². The number of piperidine rings is 1. The molecule has 0 unspecified atom stereocenters. The van der Waals surface area contributed by atoms with Crippen LogP contribution in [0.4, 0.5) is 21.9 Å². The number of benzene rings is 2. The molecule has 0 radical (unpaired) electrons. The molecule has 1 fully saturated rings. The summed E-state index contributed by atoms with van der Waals surface area (Å²) in [6.07, 6.45) is 1.02. The van der Waals surface area contributed by atoms with Crippen molar-refractivity contribution in [3.8, 4) is 0 Å². The second-order valence-electron chi connectivity index (χ2n) is 10.2. The van der Waals surface area contributed by atoms with Gasteiger partial charge in [-0.3, -0.25) is 9.59 Å². The lowest BCUT2D eigenvalue weighted by atomic mass is 9.83. The van der Waals surface area contributed by atoms with Crippen LogP contribution in [0, 0.1) is 5.92 Å². The molecule has 3 amide bonds. The van der Waals surface area contributed by atoms with Crippen LogP contribution in [0.5, 0.6) is 0 Å². The molecule has 2 bridgehead atoms. The molecule has 4 aromatic rings. The van der Waals surface area contributed by atoms with E-state index in [0.29, 0.717) is 47.5 Å². The number of rotatable bonds is 6. The number of halogens is 1. The van der Waals surface area contributed by atoms with Crippen LogP contribution < -0.4 is 26.4 Å². The third-order valence-corrected chi connectivity index (χ3v) is 8.56. The summed E-state index contributed by atoms with van der Waals surface area (Å²) in [6, 6.07) is 21.3. The van der Waals surface area contributed by atoms with Gasteiger partial charge in [0.05, 0.1) is 17.9 Å². The number of pyridine rings is 1. The van der Waals surface area contributed by atoms with E-state index in [1.54, 1.807) is 53.8 Å². The Kier molecular flexibility index (Phi) is 7.32. The van der Waals surface area contributed by atoms with Crippen molar-refractivity contribution in [2.45, 2.75) is 25.4 Å². The summed E-state index contributed by atoms with van der Waals surface area (Å²) >= 11 is 7.56. The van der Waals surface area contributed by atoms with Gasteiger partial charge in [0, 0.05) is 58.5 Å². The van der Waals surface area contributed by atoms with E-state index in [0.717, 1.165) is 29.2 Å². The monoisotopic (exact) mass is 573 g/mol. The van der Waals surface area contributed by atoms with Crippen LogP contribution in [0.3, 0.4) is 0 Å². The second kappa shape index (κ2) is 11.2. The molecule has 0 aliphatic carbocycles. The number of aromatic nitrogens is 1. The number of nitrogens with zero attached hydrogens (tertiary/aromatic N) is 2. The maximum atomic E-state index is 13.1. The fourth-order valence-electron chi connectivity index (χ4n) is 5.65. The van der Waals surface area contributed by atoms with E-state index in [2.05, 4.69) is 20.9 Å². The van der Waals surface area contributed by atoms with Crippen LogP contribution in [0.1, 0.15) is 33.3 Å². The molecule has 40 heavy (non-hydrogen) atoms. The van der Waals surface area contributed by atoms with E-state index in [9.17, 15) is 14.4 Å². The first kappa shape index (κ1) is 26.2. The van der Waals surface area contributed by atoms with Crippen molar-refractivity contribution >= 4 is 51.9 Å². The van der Waals surface area contributed by atoms with Crippen molar-refractivity contribution in [1.29, 1.82) is 0 Å². The van der Waals surface area contributed by atoms with E-state index in [1.165, 1.54) is 0 Å². The summed E-state index contributed by atoms with van der Waals surface area (Å²) < 4.78 is 1.90. The fraction of sp³-hybridized carbons (Fsp3) is 0.233. The highest BCUT2D eigenvalue weighted by Crippen LogP contribution is 2.39. The van der Waals surface area contributed by atoms with Gasteiger partial charge in [-0.15, -0.1) is 11.3 Å². The van der Waals surface area contributed by atoms with Gasteiger partial charge >= 0.3 is 6.03 Å². The smallest absolute Gasteiger partial charge is 0.323 e. The standard InChI is InChI=1S/C30H28ClN5O3S/c31-22-7-9-23(10-8-22)33-30(39)34-25-14-20(29(38)32-15-24-3-2-12-40-24)6-11-27(25)35-16-19-13-21(18-35)26-4-1-5-28(37)36(26)17-19/h1-12,14,19,21H,13,15-18H2,(H,32,38)(H2,33,34,39)/t19-,21+/m1/s1. The van der Waals surface area contributed by atoms with E-state index in [4.69, 9.17) is 11.6 Å². The number of carbonyl (C=O) groups is 2.